The number of halogens is 1. The van der Waals surface area contributed by atoms with Gasteiger partial charge in [0.15, 0.2) is 0 Å². The molecule has 0 aromatic heterocycles. The van der Waals surface area contributed by atoms with Crippen molar-refractivity contribution >= 4 is 17.6 Å². The lowest BCUT2D eigenvalue weighted by Gasteiger charge is -2.31. The number of para-hydroxylation sites is 1. The average Bonchev–Trinajstić information content (AvgIpc) is 3.34. The topological polar surface area (TPSA) is 70.7 Å². The molecule has 1 aliphatic rings. The second-order valence-electron chi connectivity index (χ2n) is 9.66. The Kier molecular flexibility index (Phi) is 8.69. The molecular formula is C30H34FN3O3. The molecule has 0 spiro atoms. The van der Waals surface area contributed by atoms with Crippen LogP contribution in [0.5, 0.6) is 0 Å². The molecular weight excluding hydrogens is 469 g/mol. The largest absolute Gasteiger partial charge is 0.468 e. The summed E-state index contributed by atoms with van der Waals surface area (Å²) in [6.45, 7) is 5.39. The molecule has 3 aromatic rings. The molecule has 2 atom stereocenters. The number of fused-ring (bicyclic) bond motifs is 1. The van der Waals surface area contributed by atoms with Crippen LogP contribution in [0, 0.1) is 11.7 Å². The number of nitrogens with zero attached hydrogens (tertiary/aromatic N) is 1. The average molecular weight is 504 g/mol. The number of methoxy groups -OCH3 is 1. The molecule has 0 saturated carbocycles. The van der Waals surface area contributed by atoms with Crippen LogP contribution in [0.4, 0.5) is 10.1 Å². The van der Waals surface area contributed by atoms with E-state index in [1.807, 2.05) is 61.2 Å². The number of hydrogen-bond donors (Lipinski definition) is 2. The van der Waals surface area contributed by atoms with Gasteiger partial charge in [0.25, 0.3) is 0 Å². The number of anilines is 1. The minimum Gasteiger partial charge on any atom is -0.468 e. The van der Waals surface area contributed by atoms with Gasteiger partial charge in [-0.2, -0.15) is 0 Å². The van der Waals surface area contributed by atoms with Gasteiger partial charge in [0.05, 0.1) is 25.7 Å². The molecule has 4 rings (SSSR count). The third-order valence-corrected chi connectivity index (χ3v) is 6.77. The molecule has 37 heavy (non-hydrogen) atoms. The Morgan fingerprint density at radius 3 is 2.27 bits per heavy atom. The van der Waals surface area contributed by atoms with E-state index < -0.39 is 6.04 Å². The summed E-state index contributed by atoms with van der Waals surface area (Å²) in [4.78, 5) is 27.0. The summed E-state index contributed by atoms with van der Waals surface area (Å²) in [5.74, 6) is -0.553. The van der Waals surface area contributed by atoms with Gasteiger partial charge in [0.1, 0.15) is 5.82 Å². The predicted molar refractivity (Wildman–Crippen MR) is 143 cm³/mol. The highest BCUT2D eigenvalue weighted by atomic mass is 19.1. The number of nitrogens with one attached hydrogen (secondary N) is 2. The summed E-state index contributed by atoms with van der Waals surface area (Å²) >= 11 is 0. The number of hydrogen-bond acceptors (Lipinski definition) is 5. The zero-order chi connectivity index (χ0) is 26.4. The number of carbonyl (C=O) groups is 2. The molecule has 3 aromatic carbocycles. The lowest BCUT2D eigenvalue weighted by molar-refractivity contribution is -0.139. The zero-order valence-electron chi connectivity index (χ0n) is 21.5. The fourth-order valence-corrected chi connectivity index (χ4v) is 4.71. The fourth-order valence-electron chi connectivity index (χ4n) is 4.71. The summed E-state index contributed by atoms with van der Waals surface area (Å²) in [6, 6.07) is 21.7. The van der Waals surface area contributed by atoms with Crippen molar-refractivity contribution in [3.05, 3.63) is 101 Å². The Balaban J connectivity index is 1.58. The maximum atomic E-state index is 13.8. The number of ether oxygens (including phenoxy) is 1. The van der Waals surface area contributed by atoms with Crippen LogP contribution in [0.25, 0.3) is 0 Å². The van der Waals surface area contributed by atoms with Crippen molar-refractivity contribution in [1.82, 2.24) is 10.6 Å². The predicted octanol–water partition coefficient (Wildman–Crippen LogP) is 4.38. The van der Waals surface area contributed by atoms with Crippen molar-refractivity contribution in [2.75, 3.05) is 25.1 Å². The van der Waals surface area contributed by atoms with Crippen LogP contribution in [0.2, 0.25) is 0 Å². The third-order valence-electron chi connectivity index (χ3n) is 6.77. The van der Waals surface area contributed by atoms with Crippen molar-refractivity contribution in [3.8, 4) is 0 Å². The van der Waals surface area contributed by atoms with Crippen LogP contribution in [0.1, 0.15) is 42.1 Å². The van der Waals surface area contributed by atoms with Crippen molar-refractivity contribution < 1.29 is 18.7 Å². The lowest BCUT2D eigenvalue weighted by Crippen LogP contribution is -2.50. The zero-order valence-corrected chi connectivity index (χ0v) is 21.5. The standard InChI is InChI=1S/C30H34FN3O3/c1-20(2)28(30(36)34-17-16-22-6-4-5-7-26(22)34)33-29(24-12-14-25(31)15-13-24)23-10-8-21(9-11-23)18-32-19-27(35)37-3/h4-15,20,28-29,32-33H,16-19H2,1-3H3. The third kappa shape index (κ3) is 6.42. The van der Waals surface area contributed by atoms with Gasteiger partial charge in [-0.1, -0.05) is 68.4 Å². The maximum Gasteiger partial charge on any atom is 0.319 e. The molecule has 2 N–H and O–H groups in total. The Morgan fingerprint density at radius 1 is 0.973 bits per heavy atom. The first kappa shape index (κ1) is 26.5. The number of carbonyl (C=O) groups excluding carboxylic acids is 2. The van der Waals surface area contributed by atoms with Crippen LogP contribution in [0.15, 0.2) is 72.8 Å². The normalized spacial score (nSPS) is 14.4. The molecule has 7 heteroatoms. The van der Waals surface area contributed by atoms with E-state index in [9.17, 15) is 14.0 Å². The number of esters is 1. The van der Waals surface area contributed by atoms with Crippen LogP contribution in [-0.2, 0) is 27.3 Å². The number of rotatable bonds is 10. The van der Waals surface area contributed by atoms with Gasteiger partial charge in [-0.25, -0.2) is 4.39 Å². The highest BCUT2D eigenvalue weighted by molar-refractivity contribution is 5.99. The Labute approximate surface area is 217 Å². The SMILES string of the molecule is COC(=O)CNCc1ccc(C(NC(C(=O)N2CCc3ccccc32)C(C)C)c2ccc(F)cc2)cc1. The summed E-state index contributed by atoms with van der Waals surface area (Å²) in [5, 5.41) is 6.67. The Morgan fingerprint density at radius 2 is 1.62 bits per heavy atom. The lowest BCUT2D eigenvalue weighted by atomic mass is 9.94. The molecule has 2 unspecified atom stereocenters. The van der Waals surface area contributed by atoms with E-state index in [2.05, 4.69) is 21.4 Å². The van der Waals surface area contributed by atoms with Crippen molar-refractivity contribution in [2.45, 2.75) is 38.9 Å². The highest BCUT2D eigenvalue weighted by Gasteiger charge is 2.33. The second-order valence-corrected chi connectivity index (χ2v) is 9.66. The molecule has 6 nitrogen and oxygen atoms in total. The van der Waals surface area contributed by atoms with E-state index >= 15 is 0 Å². The van der Waals surface area contributed by atoms with Crippen LogP contribution in [0.3, 0.4) is 0 Å². The molecule has 194 valence electrons. The molecule has 1 heterocycles. The smallest absolute Gasteiger partial charge is 0.319 e. The number of benzene rings is 3. The minimum atomic E-state index is -0.442. The molecule has 0 saturated heterocycles. The van der Waals surface area contributed by atoms with Gasteiger partial charge in [0.2, 0.25) is 5.91 Å². The van der Waals surface area contributed by atoms with E-state index in [-0.39, 0.29) is 36.2 Å². The fraction of sp³-hybridized carbons (Fsp3) is 0.333. The molecule has 0 fully saturated rings. The van der Waals surface area contributed by atoms with E-state index in [0.29, 0.717) is 13.1 Å². The molecule has 1 aliphatic heterocycles. The van der Waals surface area contributed by atoms with Crippen molar-refractivity contribution in [1.29, 1.82) is 0 Å². The van der Waals surface area contributed by atoms with Gasteiger partial charge in [-0.3, -0.25) is 14.9 Å². The van der Waals surface area contributed by atoms with Crippen molar-refractivity contribution in [3.63, 3.8) is 0 Å². The van der Waals surface area contributed by atoms with Crippen molar-refractivity contribution in [2.24, 2.45) is 5.92 Å². The molecule has 0 bridgehead atoms. The quantitative estimate of drug-likeness (QED) is 0.402. The second kappa shape index (κ2) is 12.1. The molecule has 0 radical (unpaired) electrons. The van der Waals surface area contributed by atoms with E-state index in [4.69, 9.17) is 0 Å². The minimum absolute atomic E-state index is 0.0324. The first-order chi connectivity index (χ1) is 17.9. The van der Waals surface area contributed by atoms with Crippen LogP contribution >= 0.6 is 0 Å². The monoisotopic (exact) mass is 503 g/mol. The van der Waals surface area contributed by atoms with E-state index in [1.165, 1.54) is 24.8 Å². The number of amides is 1. The summed E-state index contributed by atoms with van der Waals surface area (Å²) in [6.07, 6.45) is 0.847. The van der Waals surface area contributed by atoms with E-state index in [1.54, 1.807) is 12.1 Å². The Bertz CT molecular complexity index is 1210. The Hall–Kier alpha value is -3.55. The summed E-state index contributed by atoms with van der Waals surface area (Å²) < 4.78 is 18.4. The maximum absolute atomic E-state index is 13.8. The molecule has 0 aliphatic carbocycles. The first-order valence-corrected chi connectivity index (χ1v) is 12.6. The first-order valence-electron chi connectivity index (χ1n) is 12.6. The highest BCUT2D eigenvalue weighted by Crippen LogP contribution is 2.30. The van der Waals surface area contributed by atoms with Gasteiger partial charge < -0.3 is 15.0 Å². The molecule has 1 amide bonds. The van der Waals surface area contributed by atoms with Gasteiger partial charge >= 0.3 is 5.97 Å². The van der Waals surface area contributed by atoms with Crippen LogP contribution < -0.4 is 15.5 Å². The van der Waals surface area contributed by atoms with Crippen LogP contribution in [-0.4, -0.2) is 38.1 Å². The van der Waals surface area contributed by atoms with E-state index in [0.717, 1.165) is 28.8 Å². The summed E-state index contributed by atoms with van der Waals surface area (Å²) in [7, 11) is 1.36. The van der Waals surface area contributed by atoms with Gasteiger partial charge in [-0.05, 0) is 52.8 Å². The van der Waals surface area contributed by atoms with Gasteiger partial charge in [0, 0.05) is 18.8 Å². The van der Waals surface area contributed by atoms with Gasteiger partial charge in [-0.15, -0.1) is 0 Å². The summed E-state index contributed by atoms with van der Waals surface area (Å²) in [5.41, 5.74) is 5.00.